The first kappa shape index (κ1) is 17.4. The van der Waals surface area contributed by atoms with Crippen molar-refractivity contribution >= 4 is 11.8 Å². The van der Waals surface area contributed by atoms with Crippen LogP contribution in [0.4, 0.5) is 0 Å². The van der Waals surface area contributed by atoms with E-state index in [2.05, 4.69) is 10.3 Å². The molecule has 0 spiro atoms. The molecule has 0 aliphatic rings. The van der Waals surface area contributed by atoms with E-state index < -0.39 is 0 Å². The van der Waals surface area contributed by atoms with Crippen molar-refractivity contribution in [3.05, 3.63) is 89.6 Å². The molecule has 0 aliphatic heterocycles. The molecule has 0 atom stereocenters. The smallest absolute Gasteiger partial charge is 0.272 e. The predicted octanol–water partition coefficient (Wildman–Crippen LogP) is 2.88. The Balaban J connectivity index is 1.65. The van der Waals surface area contributed by atoms with Crippen LogP contribution in [-0.4, -0.2) is 28.7 Å². The van der Waals surface area contributed by atoms with Crippen molar-refractivity contribution in [1.82, 2.24) is 15.2 Å². The number of amides is 2. The van der Waals surface area contributed by atoms with Gasteiger partial charge in [-0.1, -0.05) is 30.3 Å². The molecule has 0 fully saturated rings. The van der Waals surface area contributed by atoms with E-state index in [1.54, 1.807) is 36.4 Å². The molecule has 6 heteroatoms. The minimum atomic E-state index is -0.288. The number of nitrogens with one attached hydrogen (secondary N) is 1. The van der Waals surface area contributed by atoms with Crippen LogP contribution in [0.2, 0.25) is 0 Å². The monoisotopic (exact) mass is 349 g/mol. The standard InChI is InChI=1S/C20H19N3O3/c1-23(14-15-6-3-2-4-7-15)20(25)18-12-16(9-10-21-18)19(24)22-13-17-8-5-11-26-17/h2-12H,13-14H2,1H3,(H,22,24). The van der Waals surface area contributed by atoms with E-state index >= 15 is 0 Å². The molecule has 0 saturated carbocycles. The highest BCUT2D eigenvalue weighted by Crippen LogP contribution is 2.09. The molecule has 2 amide bonds. The maximum absolute atomic E-state index is 12.6. The van der Waals surface area contributed by atoms with Gasteiger partial charge in [-0.05, 0) is 29.8 Å². The molecular formula is C20H19N3O3. The summed E-state index contributed by atoms with van der Waals surface area (Å²) >= 11 is 0. The number of aromatic nitrogens is 1. The Kier molecular flexibility index (Phi) is 5.43. The largest absolute Gasteiger partial charge is 0.467 e. The van der Waals surface area contributed by atoms with Gasteiger partial charge in [-0.3, -0.25) is 14.6 Å². The molecule has 0 bridgehead atoms. The molecule has 2 aromatic heterocycles. The Bertz CT molecular complexity index is 876. The van der Waals surface area contributed by atoms with Gasteiger partial charge in [0.25, 0.3) is 11.8 Å². The summed E-state index contributed by atoms with van der Waals surface area (Å²) in [4.78, 5) is 30.5. The highest BCUT2D eigenvalue weighted by molar-refractivity contribution is 5.98. The summed E-state index contributed by atoms with van der Waals surface area (Å²) in [6, 6.07) is 16.3. The lowest BCUT2D eigenvalue weighted by molar-refractivity contribution is 0.0779. The van der Waals surface area contributed by atoms with Crippen molar-refractivity contribution in [3.63, 3.8) is 0 Å². The molecule has 0 saturated heterocycles. The summed E-state index contributed by atoms with van der Waals surface area (Å²) in [6.07, 6.45) is 3.01. The number of hydrogen-bond acceptors (Lipinski definition) is 4. The van der Waals surface area contributed by atoms with E-state index in [4.69, 9.17) is 4.42 Å². The fraction of sp³-hybridized carbons (Fsp3) is 0.150. The van der Waals surface area contributed by atoms with Gasteiger partial charge in [-0.2, -0.15) is 0 Å². The molecule has 3 aromatic rings. The maximum atomic E-state index is 12.6. The second-order valence-electron chi connectivity index (χ2n) is 5.84. The fourth-order valence-electron chi connectivity index (χ4n) is 2.50. The number of pyridine rings is 1. The zero-order chi connectivity index (χ0) is 18.4. The quantitative estimate of drug-likeness (QED) is 0.742. The highest BCUT2D eigenvalue weighted by atomic mass is 16.3. The summed E-state index contributed by atoms with van der Waals surface area (Å²) < 4.78 is 5.18. The van der Waals surface area contributed by atoms with Crippen LogP contribution in [0.5, 0.6) is 0 Å². The molecule has 0 aliphatic carbocycles. The van der Waals surface area contributed by atoms with Crippen LogP contribution in [0.15, 0.2) is 71.5 Å². The third kappa shape index (κ3) is 4.36. The van der Waals surface area contributed by atoms with E-state index in [-0.39, 0.29) is 24.1 Å². The normalized spacial score (nSPS) is 10.3. The third-order valence-corrected chi connectivity index (χ3v) is 3.85. The molecule has 2 heterocycles. The first-order valence-electron chi connectivity index (χ1n) is 8.19. The average molecular weight is 349 g/mol. The summed E-state index contributed by atoms with van der Waals surface area (Å²) in [6.45, 7) is 0.752. The topological polar surface area (TPSA) is 75.4 Å². The van der Waals surface area contributed by atoms with E-state index in [0.29, 0.717) is 17.9 Å². The Morgan fingerprint density at radius 3 is 2.65 bits per heavy atom. The lowest BCUT2D eigenvalue weighted by atomic mass is 10.2. The first-order valence-corrected chi connectivity index (χ1v) is 8.19. The van der Waals surface area contributed by atoms with Crippen LogP contribution in [0.25, 0.3) is 0 Å². The number of carbonyl (C=O) groups is 2. The lowest BCUT2D eigenvalue weighted by Gasteiger charge is -2.17. The molecule has 1 aromatic carbocycles. The van der Waals surface area contributed by atoms with Crippen LogP contribution < -0.4 is 5.32 Å². The van der Waals surface area contributed by atoms with Crippen LogP contribution in [-0.2, 0) is 13.1 Å². The van der Waals surface area contributed by atoms with Crippen molar-refractivity contribution in [2.75, 3.05) is 7.05 Å². The number of hydrogen-bond donors (Lipinski definition) is 1. The van der Waals surface area contributed by atoms with Crippen molar-refractivity contribution in [2.45, 2.75) is 13.1 Å². The van der Waals surface area contributed by atoms with Gasteiger partial charge in [0.2, 0.25) is 0 Å². The third-order valence-electron chi connectivity index (χ3n) is 3.85. The number of carbonyl (C=O) groups excluding carboxylic acids is 2. The highest BCUT2D eigenvalue weighted by Gasteiger charge is 2.16. The van der Waals surface area contributed by atoms with Crippen molar-refractivity contribution in [1.29, 1.82) is 0 Å². The maximum Gasteiger partial charge on any atom is 0.272 e. The molecular weight excluding hydrogens is 330 g/mol. The molecule has 3 rings (SSSR count). The van der Waals surface area contributed by atoms with Gasteiger partial charge in [-0.25, -0.2) is 0 Å². The van der Waals surface area contributed by atoms with Gasteiger partial charge in [0.05, 0.1) is 12.8 Å². The Hall–Kier alpha value is -3.41. The van der Waals surface area contributed by atoms with Gasteiger partial charge >= 0.3 is 0 Å². The molecule has 26 heavy (non-hydrogen) atoms. The van der Waals surface area contributed by atoms with Crippen LogP contribution in [0.3, 0.4) is 0 Å². The summed E-state index contributed by atoms with van der Waals surface area (Å²) in [7, 11) is 1.71. The van der Waals surface area contributed by atoms with Gasteiger partial charge < -0.3 is 14.6 Å². The van der Waals surface area contributed by atoms with Gasteiger partial charge in [0.15, 0.2) is 0 Å². The van der Waals surface area contributed by atoms with Crippen LogP contribution in [0.1, 0.15) is 32.2 Å². The second kappa shape index (κ2) is 8.11. The number of rotatable bonds is 6. The Morgan fingerprint density at radius 2 is 1.92 bits per heavy atom. The Labute approximate surface area is 151 Å². The minimum absolute atomic E-state index is 0.231. The number of furan rings is 1. The van der Waals surface area contributed by atoms with Crippen molar-refractivity contribution in [3.8, 4) is 0 Å². The zero-order valence-electron chi connectivity index (χ0n) is 14.4. The van der Waals surface area contributed by atoms with Crippen molar-refractivity contribution in [2.24, 2.45) is 0 Å². The SMILES string of the molecule is CN(Cc1ccccc1)C(=O)c1cc(C(=O)NCc2ccco2)ccn1. The molecule has 0 unspecified atom stereocenters. The van der Waals surface area contributed by atoms with E-state index in [1.165, 1.54) is 12.3 Å². The predicted molar refractivity (Wildman–Crippen MR) is 96.4 cm³/mol. The fourth-order valence-corrected chi connectivity index (χ4v) is 2.50. The second-order valence-corrected chi connectivity index (χ2v) is 5.84. The first-order chi connectivity index (χ1) is 12.6. The van der Waals surface area contributed by atoms with Gasteiger partial charge in [-0.15, -0.1) is 0 Å². The number of benzene rings is 1. The average Bonchev–Trinajstić information content (AvgIpc) is 3.20. The summed E-state index contributed by atoms with van der Waals surface area (Å²) in [5, 5.41) is 2.75. The van der Waals surface area contributed by atoms with E-state index in [0.717, 1.165) is 5.56 Å². The van der Waals surface area contributed by atoms with Crippen LogP contribution in [0, 0.1) is 0 Å². The zero-order valence-corrected chi connectivity index (χ0v) is 14.4. The number of nitrogens with zero attached hydrogens (tertiary/aromatic N) is 2. The van der Waals surface area contributed by atoms with E-state index in [9.17, 15) is 9.59 Å². The lowest BCUT2D eigenvalue weighted by Crippen LogP contribution is -2.28. The molecule has 0 radical (unpaired) electrons. The summed E-state index contributed by atoms with van der Waals surface area (Å²) in [5.41, 5.74) is 1.63. The minimum Gasteiger partial charge on any atom is -0.467 e. The summed E-state index contributed by atoms with van der Waals surface area (Å²) in [5.74, 6) is 0.129. The van der Waals surface area contributed by atoms with E-state index in [1.807, 2.05) is 30.3 Å². The van der Waals surface area contributed by atoms with Crippen molar-refractivity contribution < 1.29 is 14.0 Å². The van der Waals surface area contributed by atoms with Crippen LogP contribution >= 0.6 is 0 Å². The molecule has 6 nitrogen and oxygen atoms in total. The van der Waals surface area contributed by atoms with Gasteiger partial charge in [0.1, 0.15) is 11.5 Å². The van der Waals surface area contributed by atoms with Gasteiger partial charge in [0, 0.05) is 25.4 Å². The molecule has 132 valence electrons. The Morgan fingerprint density at radius 1 is 1.12 bits per heavy atom. The molecule has 1 N–H and O–H groups in total.